The first-order valence-corrected chi connectivity index (χ1v) is 12.2. The van der Waals surface area contributed by atoms with Crippen LogP contribution in [0.25, 0.3) is 0 Å². The lowest BCUT2D eigenvalue weighted by atomic mass is 9.76. The van der Waals surface area contributed by atoms with Crippen LogP contribution in [-0.4, -0.2) is 68.0 Å². The average Bonchev–Trinajstić information content (AvgIpc) is 3.05. The van der Waals surface area contributed by atoms with Crippen molar-refractivity contribution in [2.24, 2.45) is 5.92 Å². The fourth-order valence-corrected chi connectivity index (χ4v) is 5.39. The van der Waals surface area contributed by atoms with Crippen LogP contribution in [0.4, 0.5) is 0 Å². The first-order chi connectivity index (χ1) is 15.6. The third-order valence-electron chi connectivity index (χ3n) is 7.33. The van der Waals surface area contributed by atoms with Gasteiger partial charge in [-0.2, -0.15) is 0 Å². The molecular formula is C27H38N2O4. The third-order valence-corrected chi connectivity index (χ3v) is 7.33. The number of hydrogen-bond donors (Lipinski definition) is 0. The third kappa shape index (κ3) is 4.60. The van der Waals surface area contributed by atoms with E-state index in [2.05, 4.69) is 49.9 Å². The van der Waals surface area contributed by atoms with E-state index in [1.54, 1.807) is 7.11 Å². The summed E-state index contributed by atoms with van der Waals surface area (Å²) in [5.41, 5.74) is 2.81. The summed E-state index contributed by atoms with van der Waals surface area (Å²) in [5, 5.41) is 0. The first-order valence-electron chi connectivity index (χ1n) is 12.2. The van der Waals surface area contributed by atoms with E-state index >= 15 is 0 Å². The molecule has 4 unspecified atom stereocenters. The first kappa shape index (κ1) is 24.0. The van der Waals surface area contributed by atoms with Crippen LogP contribution in [-0.2, 0) is 24.5 Å². The number of hydrogen-bond acceptors (Lipinski definition) is 5. The zero-order valence-electron chi connectivity index (χ0n) is 20.9. The number of benzene rings is 1. The van der Waals surface area contributed by atoms with Gasteiger partial charge in [-0.15, -0.1) is 0 Å². The Balaban J connectivity index is 1.69. The van der Waals surface area contributed by atoms with E-state index < -0.39 is 0 Å². The largest absolute Gasteiger partial charge is 0.483 e. The van der Waals surface area contributed by atoms with E-state index in [0.717, 1.165) is 31.4 Å². The van der Waals surface area contributed by atoms with Crippen molar-refractivity contribution in [3.8, 4) is 0 Å². The van der Waals surface area contributed by atoms with Gasteiger partial charge in [-0.05, 0) is 56.4 Å². The Kier molecular flexibility index (Phi) is 6.70. The smallest absolute Gasteiger partial charge is 0.290 e. The zero-order valence-corrected chi connectivity index (χ0v) is 20.9. The molecule has 1 aromatic carbocycles. The Hall–Kier alpha value is -2.18. The second-order valence-electron chi connectivity index (χ2n) is 11.0. The lowest BCUT2D eigenvalue weighted by molar-refractivity contribution is -0.138. The normalized spacial score (nSPS) is 27.7. The molecule has 0 radical (unpaired) electrons. The molecule has 4 rings (SSSR count). The Morgan fingerprint density at radius 1 is 1.12 bits per heavy atom. The Morgan fingerprint density at radius 2 is 1.82 bits per heavy atom. The van der Waals surface area contributed by atoms with Crippen LogP contribution in [0.1, 0.15) is 63.6 Å². The van der Waals surface area contributed by atoms with Crippen molar-refractivity contribution < 1.29 is 19.1 Å². The van der Waals surface area contributed by atoms with Gasteiger partial charge in [0.25, 0.3) is 5.91 Å². The second kappa shape index (κ2) is 9.22. The van der Waals surface area contributed by atoms with Crippen LogP contribution < -0.4 is 0 Å². The summed E-state index contributed by atoms with van der Waals surface area (Å²) < 4.78 is 11.8. The molecule has 0 aromatic heterocycles. The average molecular weight is 455 g/mol. The number of nitrogens with zero attached hydrogens (tertiary/aromatic N) is 2. The number of carbonyl (C=O) groups is 2. The second-order valence-corrected chi connectivity index (χ2v) is 11.0. The van der Waals surface area contributed by atoms with Crippen molar-refractivity contribution in [1.82, 2.24) is 9.80 Å². The van der Waals surface area contributed by atoms with Gasteiger partial charge < -0.3 is 19.3 Å². The number of fused-ring (bicyclic) bond motifs is 1. The molecule has 0 saturated heterocycles. The van der Waals surface area contributed by atoms with E-state index in [-0.39, 0.29) is 47.0 Å². The van der Waals surface area contributed by atoms with Gasteiger partial charge in [-0.3, -0.25) is 9.59 Å². The number of carbonyl (C=O) groups excluding carboxylic acids is 2. The van der Waals surface area contributed by atoms with Crippen molar-refractivity contribution in [2.75, 3.05) is 34.3 Å². The highest BCUT2D eigenvalue weighted by Gasteiger charge is 2.52. The maximum absolute atomic E-state index is 13.8. The number of rotatable bonds is 6. The van der Waals surface area contributed by atoms with Crippen LogP contribution in [0.15, 0.2) is 35.6 Å². The Labute approximate surface area is 197 Å². The molecule has 3 aliphatic rings. The molecule has 0 bridgehead atoms. The number of ketones is 1. The summed E-state index contributed by atoms with van der Waals surface area (Å²) in [5.74, 6) is 0.0120. The van der Waals surface area contributed by atoms with Gasteiger partial charge in [-0.1, -0.05) is 45.0 Å². The fraction of sp³-hybridized carbons (Fsp3) is 0.630. The predicted molar refractivity (Wildman–Crippen MR) is 128 cm³/mol. The minimum absolute atomic E-state index is 0.0385. The van der Waals surface area contributed by atoms with E-state index in [0.29, 0.717) is 18.5 Å². The summed E-state index contributed by atoms with van der Waals surface area (Å²) in [6, 6.07) is 8.02. The van der Waals surface area contributed by atoms with Crippen LogP contribution in [0.5, 0.6) is 0 Å². The van der Waals surface area contributed by atoms with E-state index in [1.807, 2.05) is 19.0 Å². The maximum atomic E-state index is 13.8. The van der Waals surface area contributed by atoms with Crippen LogP contribution in [0.2, 0.25) is 0 Å². The molecule has 180 valence electrons. The summed E-state index contributed by atoms with van der Waals surface area (Å²) >= 11 is 0. The van der Waals surface area contributed by atoms with Gasteiger partial charge in [0.1, 0.15) is 6.10 Å². The van der Waals surface area contributed by atoms with Crippen LogP contribution >= 0.6 is 0 Å². The summed E-state index contributed by atoms with van der Waals surface area (Å²) in [4.78, 5) is 31.3. The van der Waals surface area contributed by atoms with Gasteiger partial charge in [0.15, 0.2) is 11.5 Å². The van der Waals surface area contributed by atoms with Gasteiger partial charge >= 0.3 is 0 Å². The van der Waals surface area contributed by atoms with E-state index in [1.165, 1.54) is 5.56 Å². The van der Waals surface area contributed by atoms with Crippen LogP contribution in [0.3, 0.4) is 0 Å². The molecule has 6 heteroatoms. The molecule has 1 saturated carbocycles. The molecule has 0 N–H and O–H groups in total. The number of Topliss-reactive ketones (excluding diaryl/α,β-unsaturated/α-hetero) is 1. The summed E-state index contributed by atoms with van der Waals surface area (Å²) in [6.45, 7) is 8.01. The monoisotopic (exact) mass is 454 g/mol. The highest BCUT2D eigenvalue weighted by Crippen LogP contribution is 2.47. The topological polar surface area (TPSA) is 59.1 Å². The van der Waals surface area contributed by atoms with Crippen molar-refractivity contribution in [3.63, 3.8) is 0 Å². The number of ether oxygens (including phenoxy) is 2. The molecule has 2 aliphatic heterocycles. The lowest BCUT2D eigenvalue weighted by Gasteiger charge is -2.38. The molecule has 4 atom stereocenters. The summed E-state index contributed by atoms with van der Waals surface area (Å²) in [6.07, 6.45) is 2.88. The van der Waals surface area contributed by atoms with E-state index in [4.69, 9.17) is 9.47 Å². The molecule has 2 heterocycles. The minimum atomic E-state index is -0.378. The quantitative estimate of drug-likeness (QED) is 0.653. The molecule has 1 fully saturated rings. The minimum Gasteiger partial charge on any atom is -0.483 e. The van der Waals surface area contributed by atoms with Crippen molar-refractivity contribution in [2.45, 2.75) is 70.1 Å². The predicted octanol–water partition coefficient (Wildman–Crippen LogP) is 3.86. The molecule has 1 amide bonds. The number of methoxy groups -OCH3 is 1. The van der Waals surface area contributed by atoms with E-state index in [9.17, 15) is 9.59 Å². The zero-order chi connectivity index (χ0) is 23.9. The van der Waals surface area contributed by atoms with Gasteiger partial charge in [-0.25, -0.2) is 0 Å². The molecule has 1 aliphatic carbocycles. The lowest BCUT2D eigenvalue weighted by Crippen LogP contribution is -2.43. The fourth-order valence-electron chi connectivity index (χ4n) is 5.39. The van der Waals surface area contributed by atoms with Crippen molar-refractivity contribution in [1.29, 1.82) is 0 Å². The molecule has 6 nitrogen and oxygen atoms in total. The Morgan fingerprint density at radius 3 is 2.42 bits per heavy atom. The number of amides is 1. The van der Waals surface area contributed by atoms with Gasteiger partial charge in [0.2, 0.25) is 0 Å². The van der Waals surface area contributed by atoms with Gasteiger partial charge in [0.05, 0.1) is 23.6 Å². The standard InChI is InChI=1S/C27H38N2O4/c1-27(2,3)18-10-8-17(9-11-18)23-22-24(30)20-13-12-19(32-6)16-21(20)33-25(22)26(31)29(23)15-7-14-28(4)5/h8-11,19-21,23H,7,12-16H2,1-6H3. The highest BCUT2D eigenvalue weighted by molar-refractivity contribution is 6.11. The van der Waals surface area contributed by atoms with Crippen LogP contribution in [0, 0.1) is 5.92 Å². The van der Waals surface area contributed by atoms with Crippen molar-refractivity contribution >= 4 is 11.7 Å². The Bertz CT molecular complexity index is 928. The molecule has 33 heavy (non-hydrogen) atoms. The summed E-state index contributed by atoms with van der Waals surface area (Å²) in [7, 11) is 5.76. The van der Waals surface area contributed by atoms with Gasteiger partial charge in [0, 0.05) is 20.1 Å². The van der Waals surface area contributed by atoms with Crippen molar-refractivity contribution in [3.05, 3.63) is 46.7 Å². The SMILES string of the molecule is COC1CCC2C(=O)C3=C(OC2C1)C(=O)N(CCCN(C)C)C3c1ccc(C(C)(C)C)cc1. The molecule has 0 spiro atoms. The maximum Gasteiger partial charge on any atom is 0.290 e. The highest BCUT2D eigenvalue weighted by atomic mass is 16.5. The molecular weight excluding hydrogens is 416 g/mol. The molecule has 1 aromatic rings.